The van der Waals surface area contributed by atoms with E-state index in [2.05, 4.69) is 10.0 Å². The van der Waals surface area contributed by atoms with Gasteiger partial charge in [0.2, 0.25) is 5.91 Å². The SMILES string of the molecule is O=C1Nc2ccc(NS(=O)(=O)c3cccs3)cc2C12CCCCC2. The predicted octanol–water partition coefficient (Wildman–Crippen LogP) is 3.70. The smallest absolute Gasteiger partial charge is 0.271 e. The van der Waals surface area contributed by atoms with Gasteiger partial charge in [-0.3, -0.25) is 9.52 Å². The molecule has 1 amide bonds. The van der Waals surface area contributed by atoms with Crippen LogP contribution in [-0.4, -0.2) is 14.3 Å². The summed E-state index contributed by atoms with van der Waals surface area (Å²) in [6.45, 7) is 0. The molecule has 1 aliphatic heterocycles. The number of anilines is 2. The average molecular weight is 362 g/mol. The summed E-state index contributed by atoms with van der Waals surface area (Å²) in [6, 6.07) is 8.61. The molecule has 1 fully saturated rings. The summed E-state index contributed by atoms with van der Waals surface area (Å²) < 4.78 is 27.7. The molecule has 0 unspecified atom stereocenters. The van der Waals surface area contributed by atoms with Crippen molar-refractivity contribution in [3.05, 3.63) is 41.3 Å². The molecule has 5 nitrogen and oxygen atoms in total. The molecular formula is C17H18N2O3S2. The van der Waals surface area contributed by atoms with Crippen LogP contribution in [0, 0.1) is 0 Å². The largest absolute Gasteiger partial charge is 0.325 e. The molecule has 7 heteroatoms. The molecule has 0 radical (unpaired) electrons. The maximum atomic E-state index is 12.5. The first kappa shape index (κ1) is 15.7. The number of sulfonamides is 1. The van der Waals surface area contributed by atoms with Gasteiger partial charge in [-0.1, -0.05) is 25.3 Å². The van der Waals surface area contributed by atoms with Crippen molar-refractivity contribution in [2.45, 2.75) is 41.7 Å². The summed E-state index contributed by atoms with van der Waals surface area (Å²) in [5.74, 6) is 0.0514. The van der Waals surface area contributed by atoms with Crippen molar-refractivity contribution >= 4 is 38.6 Å². The minimum atomic E-state index is -3.58. The Labute approximate surface area is 145 Å². The fourth-order valence-corrected chi connectivity index (χ4v) is 5.79. The van der Waals surface area contributed by atoms with Gasteiger partial charge in [0, 0.05) is 11.4 Å². The minimum Gasteiger partial charge on any atom is -0.325 e. The lowest BCUT2D eigenvalue weighted by Crippen LogP contribution is -2.36. The van der Waals surface area contributed by atoms with Crippen LogP contribution < -0.4 is 10.0 Å². The molecule has 0 saturated heterocycles. The van der Waals surface area contributed by atoms with Gasteiger partial charge in [-0.15, -0.1) is 11.3 Å². The Hall–Kier alpha value is -1.86. The van der Waals surface area contributed by atoms with E-state index in [1.54, 1.807) is 29.6 Å². The Kier molecular flexibility index (Phi) is 3.65. The summed E-state index contributed by atoms with van der Waals surface area (Å²) in [5, 5.41) is 4.69. The van der Waals surface area contributed by atoms with E-state index in [1.165, 1.54) is 11.3 Å². The van der Waals surface area contributed by atoms with Crippen LogP contribution >= 0.6 is 11.3 Å². The van der Waals surface area contributed by atoms with E-state index in [9.17, 15) is 13.2 Å². The lowest BCUT2D eigenvalue weighted by molar-refractivity contribution is -0.121. The van der Waals surface area contributed by atoms with Crippen LogP contribution in [0.3, 0.4) is 0 Å². The first-order chi connectivity index (χ1) is 11.5. The Morgan fingerprint density at radius 2 is 1.92 bits per heavy atom. The van der Waals surface area contributed by atoms with E-state index in [0.29, 0.717) is 5.69 Å². The average Bonchev–Trinajstić information content (AvgIpc) is 3.18. The molecule has 4 rings (SSSR count). The number of carbonyl (C=O) groups excluding carboxylic acids is 1. The second kappa shape index (κ2) is 5.60. The van der Waals surface area contributed by atoms with E-state index in [0.717, 1.165) is 43.4 Å². The first-order valence-electron chi connectivity index (χ1n) is 8.04. The first-order valence-corrected chi connectivity index (χ1v) is 10.4. The van der Waals surface area contributed by atoms with E-state index >= 15 is 0 Å². The van der Waals surface area contributed by atoms with Crippen LogP contribution in [-0.2, 0) is 20.2 Å². The highest BCUT2D eigenvalue weighted by Gasteiger charge is 2.47. The standard InChI is InChI=1S/C17H18N2O3S2/c20-16-17(8-2-1-3-9-17)13-11-12(6-7-14(13)18-16)19-24(21,22)15-5-4-10-23-15/h4-7,10-11,19H,1-3,8-9H2,(H,18,20). The number of nitrogens with one attached hydrogen (secondary N) is 2. The van der Waals surface area contributed by atoms with Crippen molar-refractivity contribution in [2.24, 2.45) is 0 Å². The number of thiophene rings is 1. The van der Waals surface area contributed by atoms with Crippen molar-refractivity contribution in [1.29, 1.82) is 0 Å². The van der Waals surface area contributed by atoms with E-state index in [4.69, 9.17) is 0 Å². The van der Waals surface area contributed by atoms with Gasteiger partial charge in [-0.05, 0) is 48.1 Å². The van der Waals surface area contributed by atoms with Crippen molar-refractivity contribution in [1.82, 2.24) is 0 Å². The summed E-state index contributed by atoms with van der Waals surface area (Å²) in [7, 11) is -3.58. The molecule has 0 atom stereocenters. The molecular weight excluding hydrogens is 344 g/mol. The number of hydrogen-bond donors (Lipinski definition) is 2. The van der Waals surface area contributed by atoms with Crippen molar-refractivity contribution < 1.29 is 13.2 Å². The molecule has 126 valence electrons. The highest BCUT2D eigenvalue weighted by atomic mass is 32.2. The fourth-order valence-electron chi connectivity index (χ4n) is 3.75. The van der Waals surface area contributed by atoms with Crippen molar-refractivity contribution in [3.63, 3.8) is 0 Å². The summed E-state index contributed by atoms with van der Waals surface area (Å²) >= 11 is 1.18. The van der Waals surface area contributed by atoms with Gasteiger partial charge in [-0.2, -0.15) is 0 Å². The van der Waals surface area contributed by atoms with E-state index in [1.807, 2.05) is 6.07 Å². The molecule has 2 aliphatic rings. The molecule has 1 saturated carbocycles. The van der Waals surface area contributed by atoms with Crippen LogP contribution in [0.1, 0.15) is 37.7 Å². The maximum Gasteiger partial charge on any atom is 0.271 e. The quantitative estimate of drug-likeness (QED) is 0.874. The Bertz CT molecular complexity index is 883. The third-order valence-electron chi connectivity index (χ3n) is 4.94. The molecule has 2 heterocycles. The molecule has 1 aromatic heterocycles. The molecule has 2 aromatic rings. The second-order valence-electron chi connectivity index (χ2n) is 6.39. The molecule has 0 bridgehead atoms. The molecule has 1 spiro atoms. The van der Waals surface area contributed by atoms with E-state index < -0.39 is 15.4 Å². The number of hydrogen-bond acceptors (Lipinski definition) is 4. The highest BCUT2D eigenvalue weighted by Crippen LogP contribution is 2.48. The van der Waals surface area contributed by atoms with E-state index in [-0.39, 0.29) is 10.1 Å². The van der Waals surface area contributed by atoms with Gasteiger partial charge in [0.15, 0.2) is 0 Å². The second-order valence-corrected chi connectivity index (χ2v) is 9.25. The van der Waals surface area contributed by atoms with Gasteiger partial charge >= 0.3 is 0 Å². The Balaban J connectivity index is 1.70. The van der Waals surface area contributed by atoms with Crippen LogP contribution in [0.15, 0.2) is 39.9 Å². The summed E-state index contributed by atoms with van der Waals surface area (Å²) in [5.41, 5.74) is 1.75. The number of amides is 1. The zero-order valence-electron chi connectivity index (χ0n) is 13.0. The van der Waals surface area contributed by atoms with Gasteiger partial charge in [-0.25, -0.2) is 8.42 Å². The molecule has 1 aliphatic carbocycles. The zero-order valence-corrected chi connectivity index (χ0v) is 14.7. The Morgan fingerprint density at radius 3 is 2.62 bits per heavy atom. The van der Waals surface area contributed by atoms with Gasteiger partial charge in [0.05, 0.1) is 5.41 Å². The van der Waals surface area contributed by atoms with Crippen LogP contribution in [0.25, 0.3) is 0 Å². The van der Waals surface area contributed by atoms with Gasteiger partial charge in [0.25, 0.3) is 10.0 Å². The normalized spacial score (nSPS) is 19.1. The molecule has 24 heavy (non-hydrogen) atoms. The maximum absolute atomic E-state index is 12.5. The monoisotopic (exact) mass is 362 g/mol. The third kappa shape index (κ3) is 2.43. The van der Waals surface area contributed by atoms with Crippen LogP contribution in [0.4, 0.5) is 11.4 Å². The predicted molar refractivity (Wildman–Crippen MR) is 95.0 cm³/mol. The zero-order chi connectivity index (χ0) is 16.8. The van der Waals surface area contributed by atoms with Gasteiger partial charge in [0.1, 0.15) is 4.21 Å². The third-order valence-corrected chi connectivity index (χ3v) is 7.72. The number of fused-ring (bicyclic) bond motifs is 2. The summed E-state index contributed by atoms with van der Waals surface area (Å²) in [4.78, 5) is 12.5. The van der Waals surface area contributed by atoms with Crippen molar-refractivity contribution in [2.75, 3.05) is 10.0 Å². The Morgan fingerprint density at radius 1 is 1.12 bits per heavy atom. The lowest BCUT2D eigenvalue weighted by Gasteiger charge is -2.31. The van der Waals surface area contributed by atoms with Gasteiger partial charge < -0.3 is 5.32 Å². The minimum absolute atomic E-state index is 0.0514. The number of carbonyl (C=O) groups is 1. The van der Waals surface area contributed by atoms with Crippen molar-refractivity contribution in [3.8, 4) is 0 Å². The van der Waals surface area contributed by atoms with Crippen LogP contribution in [0.2, 0.25) is 0 Å². The number of rotatable bonds is 3. The number of benzene rings is 1. The topological polar surface area (TPSA) is 75.3 Å². The summed E-state index contributed by atoms with van der Waals surface area (Å²) in [6.07, 6.45) is 4.85. The molecule has 2 N–H and O–H groups in total. The van der Waals surface area contributed by atoms with Crippen LogP contribution in [0.5, 0.6) is 0 Å². The fraction of sp³-hybridized carbons (Fsp3) is 0.353. The molecule has 1 aromatic carbocycles. The highest BCUT2D eigenvalue weighted by molar-refractivity contribution is 7.94. The lowest BCUT2D eigenvalue weighted by atomic mass is 9.70.